The predicted molar refractivity (Wildman–Crippen MR) is 62.0 cm³/mol. The van der Waals surface area contributed by atoms with Crippen molar-refractivity contribution < 1.29 is 4.74 Å². The summed E-state index contributed by atoms with van der Waals surface area (Å²) in [6.07, 6.45) is 0. The molecule has 0 radical (unpaired) electrons. The van der Waals surface area contributed by atoms with E-state index in [0.717, 1.165) is 29.0 Å². The second-order valence-electron chi connectivity index (χ2n) is 3.85. The molecule has 0 N–H and O–H groups in total. The van der Waals surface area contributed by atoms with Crippen LogP contribution in [0.25, 0.3) is 11.0 Å². The minimum absolute atomic E-state index is 0.469. The maximum atomic E-state index is 5.23. The summed E-state index contributed by atoms with van der Waals surface area (Å²) < 4.78 is 8.57. The second-order valence-corrected chi connectivity index (χ2v) is 4.77. The summed E-state index contributed by atoms with van der Waals surface area (Å²) in [4.78, 5) is 4.55. The van der Waals surface area contributed by atoms with Crippen LogP contribution in [0.1, 0.15) is 11.9 Å². The van der Waals surface area contributed by atoms with Crippen LogP contribution in [0.4, 0.5) is 0 Å². The van der Waals surface area contributed by atoms with E-state index in [0.29, 0.717) is 6.04 Å². The molecule has 4 heteroatoms. The third kappa shape index (κ3) is 1.40. The van der Waals surface area contributed by atoms with E-state index in [1.807, 2.05) is 6.92 Å². The monoisotopic (exact) mass is 266 g/mol. The Balaban J connectivity index is 2.23. The van der Waals surface area contributed by atoms with Gasteiger partial charge in [-0.15, -0.1) is 0 Å². The first-order valence-electron chi connectivity index (χ1n) is 4.97. The number of nitrogens with zero attached hydrogens (tertiary/aromatic N) is 2. The van der Waals surface area contributed by atoms with Crippen molar-refractivity contribution in [1.29, 1.82) is 0 Å². The molecule has 0 saturated carbocycles. The zero-order chi connectivity index (χ0) is 10.4. The Morgan fingerprint density at radius 2 is 2.27 bits per heavy atom. The Morgan fingerprint density at radius 1 is 1.47 bits per heavy atom. The molecule has 0 aliphatic carbocycles. The van der Waals surface area contributed by atoms with Gasteiger partial charge in [0.05, 0.1) is 30.3 Å². The molecule has 0 bridgehead atoms. The highest BCUT2D eigenvalue weighted by Gasteiger charge is 2.23. The van der Waals surface area contributed by atoms with E-state index >= 15 is 0 Å². The van der Waals surface area contributed by atoms with Crippen molar-refractivity contribution >= 4 is 27.0 Å². The van der Waals surface area contributed by atoms with Gasteiger partial charge in [-0.3, -0.25) is 0 Å². The number of ether oxygens (including phenoxy) is 1. The molecule has 1 fully saturated rings. The van der Waals surface area contributed by atoms with Gasteiger partial charge in [-0.1, -0.05) is 15.9 Å². The number of fused-ring (bicyclic) bond motifs is 1. The molecule has 0 unspecified atom stereocenters. The van der Waals surface area contributed by atoms with Crippen LogP contribution in [0.15, 0.2) is 22.7 Å². The summed E-state index contributed by atoms with van der Waals surface area (Å²) in [7, 11) is 0. The third-order valence-electron chi connectivity index (χ3n) is 2.81. The summed E-state index contributed by atoms with van der Waals surface area (Å²) in [5, 5.41) is 0. The Morgan fingerprint density at radius 3 is 2.93 bits per heavy atom. The molecule has 15 heavy (non-hydrogen) atoms. The molecule has 2 heterocycles. The average Bonchev–Trinajstić information content (AvgIpc) is 2.40. The molecule has 0 atom stereocenters. The standard InChI is InChI=1S/C11H11BrN2O/c1-7-13-10-4-8(12)2-3-11(10)14(7)9-5-15-6-9/h2-4,9H,5-6H2,1H3. The first-order chi connectivity index (χ1) is 7.25. The summed E-state index contributed by atoms with van der Waals surface area (Å²) >= 11 is 3.46. The van der Waals surface area contributed by atoms with Crippen molar-refractivity contribution in [3.05, 3.63) is 28.5 Å². The van der Waals surface area contributed by atoms with Crippen LogP contribution in [0.5, 0.6) is 0 Å². The number of hydrogen-bond donors (Lipinski definition) is 0. The van der Waals surface area contributed by atoms with Gasteiger partial charge in [0.2, 0.25) is 0 Å². The van der Waals surface area contributed by atoms with E-state index in [9.17, 15) is 0 Å². The molecule has 1 aliphatic heterocycles. The third-order valence-corrected chi connectivity index (χ3v) is 3.31. The average molecular weight is 267 g/mol. The predicted octanol–water partition coefficient (Wildman–Crippen LogP) is 2.68. The number of rotatable bonds is 1. The van der Waals surface area contributed by atoms with Crippen molar-refractivity contribution in [3.8, 4) is 0 Å². The molecule has 0 amide bonds. The maximum absolute atomic E-state index is 5.23. The number of hydrogen-bond acceptors (Lipinski definition) is 2. The topological polar surface area (TPSA) is 27.1 Å². The molecule has 1 aliphatic rings. The minimum Gasteiger partial charge on any atom is -0.377 e. The molecule has 1 aromatic carbocycles. The Kier molecular flexibility index (Phi) is 2.07. The molecule has 3 nitrogen and oxygen atoms in total. The minimum atomic E-state index is 0.469. The Hall–Kier alpha value is -0.870. The number of aryl methyl sites for hydroxylation is 1. The molecule has 78 valence electrons. The number of halogens is 1. The molecule has 1 saturated heterocycles. The molecular formula is C11H11BrN2O. The smallest absolute Gasteiger partial charge is 0.107 e. The van der Waals surface area contributed by atoms with E-state index in [2.05, 4.69) is 43.7 Å². The maximum Gasteiger partial charge on any atom is 0.107 e. The zero-order valence-corrected chi connectivity index (χ0v) is 9.99. The lowest BCUT2D eigenvalue weighted by Gasteiger charge is -2.28. The van der Waals surface area contributed by atoms with Crippen molar-refractivity contribution in [2.75, 3.05) is 13.2 Å². The van der Waals surface area contributed by atoms with Crippen LogP contribution < -0.4 is 0 Å². The second kappa shape index (κ2) is 3.32. The highest BCUT2D eigenvalue weighted by molar-refractivity contribution is 9.10. The van der Waals surface area contributed by atoms with Crippen LogP contribution in [0.2, 0.25) is 0 Å². The summed E-state index contributed by atoms with van der Waals surface area (Å²) in [5.74, 6) is 1.07. The number of benzene rings is 1. The lowest BCUT2D eigenvalue weighted by atomic mass is 10.2. The van der Waals surface area contributed by atoms with Crippen molar-refractivity contribution in [3.63, 3.8) is 0 Å². The van der Waals surface area contributed by atoms with Gasteiger partial charge in [-0.25, -0.2) is 4.98 Å². The quantitative estimate of drug-likeness (QED) is 0.794. The van der Waals surface area contributed by atoms with Gasteiger partial charge in [-0.05, 0) is 25.1 Å². The van der Waals surface area contributed by atoms with E-state index in [4.69, 9.17) is 4.74 Å². The first-order valence-corrected chi connectivity index (χ1v) is 5.77. The van der Waals surface area contributed by atoms with Crippen LogP contribution in [-0.4, -0.2) is 22.8 Å². The summed E-state index contributed by atoms with van der Waals surface area (Å²) in [6.45, 7) is 3.66. The number of imidazole rings is 1. The fourth-order valence-electron chi connectivity index (χ4n) is 2.03. The molecule has 3 rings (SSSR count). The normalized spacial score (nSPS) is 16.9. The first kappa shape index (κ1) is 9.36. The van der Waals surface area contributed by atoms with Gasteiger partial charge in [0.1, 0.15) is 5.82 Å². The highest BCUT2D eigenvalue weighted by Crippen LogP contribution is 2.27. The highest BCUT2D eigenvalue weighted by atomic mass is 79.9. The summed E-state index contributed by atoms with van der Waals surface area (Å²) in [5.41, 5.74) is 2.25. The zero-order valence-electron chi connectivity index (χ0n) is 8.40. The lowest BCUT2D eigenvalue weighted by molar-refractivity contribution is -0.0224. The van der Waals surface area contributed by atoms with E-state index in [-0.39, 0.29) is 0 Å². The van der Waals surface area contributed by atoms with Gasteiger partial charge in [0, 0.05) is 4.47 Å². The lowest BCUT2D eigenvalue weighted by Crippen LogP contribution is -2.31. The largest absolute Gasteiger partial charge is 0.377 e. The molecule has 2 aromatic rings. The van der Waals surface area contributed by atoms with Crippen molar-refractivity contribution in [1.82, 2.24) is 9.55 Å². The molecule has 1 aromatic heterocycles. The van der Waals surface area contributed by atoms with Gasteiger partial charge in [0.25, 0.3) is 0 Å². The fraction of sp³-hybridized carbons (Fsp3) is 0.364. The molecule has 0 spiro atoms. The molecular weight excluding hydrogens is 256 g/mol. The van der Waals surface area contributed by atoms with Crippen LogP contribution >= 0.6 is 15.9 Å². The van der Waals surface area contributed by atoms with Gasteiger partial charge in [0.15, 0.2) is 0 Å². The van der Waals surface area contributed by atoms with E-state index in [1.54, 1.807) is 0 Å². The van der Waals surface area contributed by atoms with Gasteiger partial charge >= 0.3 is 0 Å². The van der Waals surface area contributed by atoms with Crippen LogP contribution in [-0.2, 0) is 4.74 Å². The van der Waals surface area contributed by atoms with Crippen molar-refractivity contribution in [2.24, 2.45) is 0 Å². The Bertz CT molecular complexity index is 517. The number of aromatic nitrogens is 2. The fourth-order valence-corrected chi connectivity index (χ4v) is 2.37. The van der Waals surface area contributed by atoms with Crippen LogP contribution in [0, 0.1) is 6.92 Å². The Labute approximate surface area is 96.2 Å². The van der Waals surface area contributed by atoms with E-state index in [1.165, 1.54) is 5.52 Å². The SMILES string of the molecule is Cc1nc2cc(Br)ccc2n1C1COC1. The van der Waals surface area contributed by atoms with E-state index < -0.39 is 0 Å². The van der Waals surface area contributed by atoms with Gasteiger partial charge in [-0.2, -0.15) is 0 Å². The van der Waals surface area contributed by atoms with Gasteiger partial charge < -0.3 is 9.30 Å². The van der Waals surface area contributed by atoms with Crippen LogP contribution in [0.3, 0.4) is 0 Å². The van der Waals surface area contributed by atoms with Crippen molar-refractivity contribution in [2.45, 2.75) is 13.0 Å². The summed E-state index contributed by atoms with van der Waals surface area (Å²) in [6, 6.07) is 6.69.